The molecule has 2 aromatic carbocycles. The molecule has 0 saturated carbocycles. The van der Waals surface area contributed by atoms with Gasteiger partial charge in [-0.05, 0) is 11.1 Å². The topological polar surface area (TPSA) is 49.7 Å². The van der Waals surface area contributed by atoms with Gasteiger partial charge in [0.05, 0.1) is 17.4 Å². The van der Waals surface area contributed by atoms with Crippen LogP contribution in [0, 0.1) is 10.8 Å². The Morgan fingerprint density at radius 3 is 2.05 bits per heavy atom. The van der Waals surface area contributed by atoms with Crippen molar-refractivity contribution < 1.29 is 4.79 Å². The summed E-state index contributed by atoms with van der Waals surface area (Å²) in [6, 6.07) is 18.7. The number of carbonyl (C=O) groups is 1. The average Bonchev–Trinajstić information content (AvgIpc) is 2.58. The first-order valence-corrected chi connectivity index (χ1v) is 7.46. The Hall–Kier alpha value is -2.49. The molecule has 1 heterocycles. The van der Waals surface area contributed by atoms with Crippen molar-refractivity contribution in [3.05, 3.63) is 76.7 Å². The maximum absolute atomic E-state index is 12.5. The highest BCUT2D eigenvalue weighted by Gasteiger charge is 2.42. The van der Waals surface area contributed by atoms with Gasteiger partial charge in [0.2, 0.25) is 0 Å². The molecule has 112 valence electrons. The second-order valence-electron chi connectivity index (χ2n) is 5.70. The Balaban J connectivity index is 2.03. The molecule has 4 nitrogen and oxygen atoms in total. The lowest BCUT2D eigenvalue weighted by atomic mass is 9.81. The average molecular weight is 294 g/mol. The second kappa shape index (κ2) is 6.10. The highest BCUT2D eigenvalue weighted by molar-refractivity contribution is 5.83. The largest absolute Gasteiger partial charge is 0.299 e. The molecule has 1 aliphatic rings. The predicted molar refractivity (Wildman–Crippen MR) is 84.8 cm³/mol. The summed E-state index contributed by atoms with van der Waals surface area (Å²) in [6.07, 6.45) is 0.320. The number of hydrogen-bond acceptors (Lipinski definition) is 3. The molecule has 0 radical (unpaired) electrons. The molecule has 0 aliphatic carbocycles. The highest BCUT2D eigenvalue weighted by atomic mass is 16.3. The van der Waals surface area contributed by atoms with Gasteiger partial charge in [0.15, 0.2) is 0 Å². The Labute approximate surface area is 129 Å². The molecule has 0 unspecified atom stereocenters. The molecule has 0 bridgehead atoms. The van der Waals surface area contributed by atoms with Gasteiger partial charge in [0, 0.05) is 12.3 Å². The van der Waals surface area contributed by atoms with Crippen LogP contribution < -0.4 is 0 Å². The van der Waals surface area contributed by atoms with E-state index in [1.807, 2.05) is 67.6 Å². The smallest absolute Gasteiger partial charge is 0.140 e. The SMILES string of the molecule is C[C@H]1C(=O)C[C@H](c2ccccc2)N(N=O)[C@@H]1c1ccccc1. The van der Waals surface area contributed by atoms with Gasteiger partial charge in [-0.25, -0.2) is 5.01 Å². The third-order valence-electron chi connectivity index (χ3n) is 4.40. The summed E-state index contributed by atoms with van der Waals surface area (Å²) >= 11 is 0. The molecule has 4 heteroatoms. The number of rotatable bonds is 3. The molecule has 3 rings (SSSR count). The molecule has 0 N–H and O–H groups in total. The van der Waals surface area contributed by atoms with Crippen LogP contribution in [0.5, 0.6) is 0 Å². The summed E-state index contributed by atoms with van der Waals surface area (Å²) in [7, 11) is 0. The third kappa shape index (κ3) is 2.52. The van der Waals surface area contributed by atoms with E-state index in [1.165, 1.54) is 0 Å². The molecule has 1 saturated heterocycles. The van der Waals surface area contributed by atoms with Gasteiger partial charge in [0.1, 0.15) is 5.78 Å². The number of nitrogens with zero attached hydrogens (tertiary/aromatic N) is 2. The zero-order valence-electron chi connectivity index (χ0n) is 12.4. The molecular formula is C18H18N2O2. The standard InChI is InChI=1S/C18H18N2O2/c1-13-17(21)12-16(14-8-4-2-5-9-14)20(19-22)18(13)15-10-6-3-7-11-15/h2-11,13,16,18H,12H2,1H3/t13-,16+,18-/m0/s1. The van der Waals surface area contributed by atoms with Gasteiger partial charge in [-0.2, -0.15) is 0 Å². The molecule has 22 heavy (non-hydrogen) atoms. The van der Waals surface area contributed by atoms with E-state index < -0.39 is 0 Å². The van der Waals surface area contributed by atoms with Crippen LogP contribution >= 0.6 is 0 Å². The van der Waals surface area contributed by atoms with Crippen LogP contribution in [0.15, 0.2) is 65.9 Å². The fourth-order valence-electron chi connectivity index (χ4n) is 3.21. The number of benzene rings is 2. The van der Waals surface area contributed by atoms with Crippen molar-refractivity contribution in [1.29, 1.82) is 0 Å². The van der Waals surface area contributed by atoms with Gasteiger partial charge in [-0.1, -0.05) is 67.6 Å². The normalized spacial score (nSPS) is 25.0. The quantitative estimate of drug-likeness (QED) is 0.802. The van der Waals surface area contributed by atoms with Gasteiger partial charge < -0.3 is 0 Å². The van der Waals surface area contributed by atoms with Crippen LogP contribution in [0.3, 0.4) is 0 Å². The minimum absolute atomic E-state index is 0.169. The molecule has 0 aromatic heterocycles. The summed E-state index contributed by atoms with van der Waals surface area (Å²) in [5, 5.41) is 4.83. The Bertz CT molecular complexity index is 657. The van der Waals surface area contributed by atoms with Crippen molar-refractivity contribution in [2.45, 2.75) is 25.4 Å². The lowest BCUT2D eigenvalue weighted by molar-refractivity contribution is -0.131. The minimum Gasteiger partial charge on any atom is -0.299 e. The maximum atomic E-state index is 12.5. The molecule has 1 fully saturated rings. The second-order valence-corrected chi connectivity index (χ2v) is 5.70. The predicted octanol–water partition coefficient (Wildman–Crippen LogP) is 4.06. The van der Waals surface area contributed by atoms with Crippen LogP contribution in [0.1, 0.15) is 36.6 Å². The third-order valence-corrected chi connectivity index (χ3v) is 4.40. The molecule has 1 aliphatic heterocycles. The molecule has 3 atom stereocenters. The minimum atomic E-state index is -0.315. The van der Waals surface area contributed by atoms with Crippen molar-refractivity contribution in [3.63, 3.8) is 0 Å². The van der Waals surface area contributed by atoms with Crippen LogP contribution in [0.25, 0.3) is 0 Å². The van der Waals surface area contributed by atoms with Crippen molar-refractivity contribution in [3.8, 4) is 0 Å². The summed E-state index contributed by atoms with van der Waals surface area (Å²) in [5.74, 6) is -0.0809. The first kappa shape index (κ1) is 14.4. The van der Waals surface area contributed by atoms with E-state index in [0.717, 1.165) is 11.1 Å². The van der Waals surface area contributed by atoms with Crippen LogP contribution in [-0.4, -0.2) is 10.8 Å². The number of ketones is 1. The fraction of sp³-hybridized carbons (Fsp3) is 0.278. The maximum Gasteiger partial charge on any atom is 0.140 e. The van der Waals surface area contributed by atoms with Gasteiger partial charge in [-0.3, -0.25) is 4.79 Å². The van der Waals surface area contributed by atoms with Crippen molar-refractivity contribution in [1.82, 2.24) is 5.01 Å². The Morgan fingerprint density at radius 1 is 0.955 bits per heavy atom. The van der Waals surface area contributed by atoms with E-state index in [4.69, 9.17) is 0 Å². The van der Waals surface area contributed by atoms with Gasteiger partial charge in [-0.15, -0.1) is 4.91 Å². The van der Waals surface area contributed by atoms with E-state index in [1.54, 1.807) is 5.01 Å². The van der Waals surface area contributed by atoms with Crippen LogP contribution in [-0.2, 0) is 4.79 Å². The summed E-state index contributed by atoms with van der Waals surface area (Å²) in [6.45, 7) is 1.87. The summed E-state index contributed by atoms with van der Waals surface area (Å²) < 4.78 is 0. The first-order valence-electron chi connectivity index (χ1n) is 7.46. The number of carbonyl (C=O) groups excluding carboxylic acids is 1. The van der Waals surface area contributed by atoms with Crippen molar-refractivity contribution in [2.24, 2.45) is 11.2 Å². The zero-order valence-corrected chi connectivity index (χ0v) is 12.4. The van der Waals surface area contributed by atoms with Crippen molar-refractivity contribution >= 4 is 5.78 Å². The van der Waals surface area contributed by atoms with E-state index in [9.17, 15) is 9.70 Å². The Kier molecular flexibility index (Phi) is 4.00. The number of piperidine rings is 1. The zero-order chi connectivity index (χ0) is 15.5. The van der Waals surface area contributed by atoms with E-state index in [2.05, 4.69) is 5.29 Å². The summed E-state index contributed by atoms with van der Waals surface area (Å²) in [5.41, 5.74) is 1.90. The van der Waals surface area contributed by atoms with E-state index >= 15 is 0 Å². The Morgan fingerprint density at radius 2 is 1.50 bits per heavy atom. The van der Waals surface area contributed by atoms with E-state index in [-0.39, 0.29) is 23.8 Å². The molecular weight excluding hydrogens is 276 g/mol. The highest BCUT2D eigenvalue weighted by Crippen LogP contribution is 2.43. The molecule has 2 aromatic rings. The lowest BCUT2D eigenvalue weighted by Crippen LogP contribution is -2.41. The number of hydrogen-bond donors (Lipinski definition) is 0. The van der Waals surface area contributed by atoms with E-state index in [0.29, 0.717) is 6.42 Å². The van der Waals surface area contributed by atoms with Crippen LogP contribution in [0.2, 0.25) is 0 Å². The number of Topliss-reactive ketones (excluding diaryl/α,β-unsaturated/α-hetero) is 1. The lowest BCUT2D eigenvalue weighted by Gasteiger charge is -2.41. The molecule has 0 amide bonds. The molecule has 0 spiro atoms. The fourth-order valence-corrected chi connectivity index (χ4v) is 3.21. The number of nitroso groups, excluding NO2 is 1. The first-order chi connectivity index (χ1) is 10.7. The van der Waals surface area contributed by atoms with Crippen molar-refractivity contribution in [2.75, 3.05) is 0 Å². The van der Waals surface area contributed by atoms with Gasteiger partial charge in [0.25, 0.3) is 0 Å². The monoisotopic (exact) mass is 294 g/mol. The summed E-state index contributed by atoms with van der Waals surface area (Å²) in [4.78, 5) is 24.0. The van der Waals surface area contributed by atoms with Crippen LogP contribution in [0.4, 0.5) is 0 Å². The van der Waals surface area contributed by atoms with Gasteiger partial charge >= 0.3 is 0 Å².